The number of aromatic nitrogens is 2. The van der Waals surface area contributed by atoms with Gasteiger partial charge in [-0.3, -0.25) is 0 Å². The van der Waals surface area contributed by atoms with E-state index in [0.717, 1.165) is 71.7 Å². The van der Waals surface area contributed by atoms with Crippen LogP contribution in [0.1, 0.15) is 0 Å². The van der Waals surface area contributed by atoms with Crippen LogP contribution in [-0.2, 0) is 0 Å². The average Bonchev–Trinajstić information content (AvgIpc) is 3.86. The van der Waals surface area contributed by atoms with Gasteiger partial charge in [-0.15, -0.1) is 0 Å². The summed E-state index contributed by atoms with van der Waals surface area (Å²) in [5.74, 6) is 0. The fourth-order valence-electron chi connectivity index (χ4n) is 7.76. The van der Waals surface area contributed by atoms with Crippen LogP contribution in [0.3, 0.4) is 0 Å². The lowest BCUT2D eigenvalue weighted by Gasteiger charge is -2.09. The van der Waals surface area contributed by atoms with E-state index in [-0.39, 0.29) is 0 Å². The highest BCUT2D eigenvalue weighted by atomic mass is 16.3. The number of hydrogen-bond donors (Lipinski definition) is 1. The minimum Gasteiger partial charge on any atom is -0.456 e. The van der Waals surface area contributed by atoms with Crippen LogP contribution in [0.2, 0.25) is 0 Å². The predicted molar refractivity (Wildman–Crippen MR) is 190 cm³/mol. The Morgan fingerprint density at radius 3 is 2.04 bits per heavy atom. The van der Waals surface area contributed by atoms with Gasteiger partial charge in [-0.2, -0.15) is 0 Å². The number of hydrogen-bond acceptors (Lipinski definition) is 2. The highest BCUT2D eigenvalue weighted by molar-refractivity contribution is 6.29. The standard InChI is InChI=1S/C42H24N2O2/c1-4-12-32-28(9-1)41-33(43-32)18-20-35-42(41)31-22-24(26-11-7-15-39-40(26)29-10-3-6-14-37(29)46-39)16-19-34(31)44(35)25-17-21-38-30(23-25)27-8-2-5-13-36(27)45-38/h1-23,43H. The number of aromatic amines is 1. The lowest BCUT2D eigenvalue weighted by atomic mass is 9.97. The molecule has 0 amide bonds. The molecule has 11 rings (SSSR count). The van der Waals surface area contributed by atoms with E-state index >= 15 is 0 Å². The van der Waals surface area contributed by atoms with Gasteiger partial charge in [-0.1, -0.05) is 72.8 Å². The molecule has 214 valence electrons. The molecular weight excluding hydrogens is 564 g/mol. The van der Waals surface area contributed by atoms with E-state index in [1.165, 1.54) is 32.6 Å². The lowest BCUT2D eigenvalue weighted by Crippen LogP contribution is -1.93. The molecule has 0 aliphatic heterocycles. The summed E-state index contributed by atoms with van der Waals surface area (Å²) in [5, 5.41) is 9.46. The van der Waals surface area contributed by atoms with Crippen molar-refractivity contribution in [2.45, 2.75) is 0 Å². The van der Waals surface area contributed by atoms with Gasteiger partial charge < -0.3 is 18.4 Å². The highest BCUT2D eigenvalue weighted by Gasteiger charge is 2.20. The van der Waals surface area contributed by atoms with E-state index in [9.17, 15) is 0 Å². The lowest BCUT2D eigenvalue weighted by molar-refractivity contribution is 0.668. The zero-order valence-electron chi connectivity index (χ0n) is 24.5. The minimum atomic E-state index is 0.896. The van der Waals surface area contributed by atoms with Crippen molar-refractivity contribution >= 4 is 87.5 Å². The second kappa shape index (κ2) is 8.68. The highest BCUT2D eigenvalue weighted by Crippen LogP contribution is 2.43. The molecule has 0 bridgehead atoms. The zero-order chi connectivity index (χ0) is 29.9. The molecule has 0 radical (unpaired) electrons. The van der Waals surface area contributed by atoms with Gasteiger partial charge in [0, 0.05) is 59.8 Å². The molecule has 0 fully saturated rings. The van der Waals surface area contributed by atoms with E-state index < -0.39 is 0 Å². The fraction of sp³-hybridized carbons (Fsp3) is 0. The van der Waals surface area contributed by atoms with Gasteiger partial charge in [-0.25, -0.2) is 0 Å². The van der Waals surface area contributed by atoms with Crippen molar-refractivity contribution in [1.82, 2.24) is 9.55 Å². The molecule has 0 saturated heterocycles. The van der Waals surface area contributed by atoms with E-state index in [2.05, 4.69) is 125 Å². The maximum Gasteiger partial charge on any atom is 0.136 e. The Morgan fingerprint density at radius 1 is 0.413 bits per heavy atom. The van der Waals surface area contributed by atoms with Gasteiger partial charge >= 0.3 is 0 Å². The molecule has 0 aliphatic carbocycles. The third-order valence-electron chi connectivity index (χ3n) is 9.73. The summed E-state index contributed by atoms with van der Waals surface area (Å²) in [6, 6.07) is 49.5. The van der Waals surface area contributed by atoms with Crippen LogP contribution in [0, 0.1) is 0 Å². The monoisotopic (exact) mass is 588 g/mol. The minimum absolute atomic E-state index is 0.896. The molecule has 0 atom stereocenters. The van der Waals surface area contributed by atoms with Gasteiger partial charge in [0.2, 0.25) is 0 Å². The SMILES string of the molecule is c1ccc2c(c1)[nH]c1ccc3c(c4cc(-c5cccc6oc7ccccc7c56)ccc4n3-c3ccc4oc5ccccc5c4c3)c12. The summed E-state index contributed by atoms with van der Waals surface area (Å²) in [4.78, 5) is 3.68. The number of furan rings is 2. The molecule has 4 nitrogen and oxygen atoms in total. The molecule has 4 heteroatoms. The number of fused-ring (bicyclic) bond motifs is 13. The second-order valence-corrected chi connectivity index (χ2v) is 12.2. The van der Waals surface area contributed by atoms with Crippen LogP contribution in [0.15, 0.2) is 148 Å². The average molecular weight is 589 g/mol. The van der Waals surface area contributed by atoms with E-state index in [0.29, 0.717) is 0 Å². The van der Waals surface area contributed by atoms with Crippen LogP contribution in [0.5, 0.6) is 0 Å². The van der Waals surface area contributed by atoms with E-state index in [4.69, 9.17) is 8.83 Å². The first kappa shape index (κ1) is 24.1. The molecule has 4 aromatic heterocycles. The third-order valence-corrected chi connectivity index (χ3v) is 9.73. The molecule has 4 heterocycles. The maximum atomic E-state index is 6.27. The molecule has 0 spiro atoms. The van der Waals surface area contributed by atoms with E-state index in [1.807, 2.05) is 24.3 Å². The van der Waals surface area contributed by atoms with Gasteiger partial charge in [0.1, 0.15) is 22.3 Å². The Balaban J connectivity index is 1.28. The first-order valence-electron chi connectivity index (χ1n) is 15.6. The van der Waals surface area contributed by atoms with Crippen molar-refractivity contribution in [3.8, 4) is 16.8 Å². The Labute approximate surface area is 261 Å². The Kier molecular flexibility index (Phi) is 4.55. The smallest absolute Gasteiger partial charge is 0.136 e. The molecule has 0 saturated carbocycles. The number of nitrogens with one attached hydrogen (secondary N) is 1. The number of para-hydroxylation sites is 3. The first-order valence-corrected chi connectivity index (χ1v) is 15.6. The Morgan fingerprint density at radius 2 is 1.13 bits per heavy atom. The fourth-order valence-corrected chi connectivity index (χ4v) is 7.76. The second-order valence-electron chi connectivity index (χ2n) is 12.2. The van der Waals surface area contributed by atoms with Crippen LogP contribution < -0.4 is 0 Å². The van der Waals surface area contributed by atoms with Gasteiger partial charge in [-0.05, 0) is 77.9 Å². The zero-order valence-corrected chi connectivity index (χ0v) is 24.5. The molecule has 11 aromatic rings. The van der Waals surface area contributed by atoms with Gasteiger partial charge in [0.25, 0.3) is 0 Å². The number of rotatable bonds is 2. The number of benzene rings is 7. The summed E-state index contributed by atoms with van der Waals surface area (Å²) in [7, 11) is 0. The maximum absolute atomic E-state index is 6.27. The van der Waals surface area contributed by atoms with Crippen LogP contribution >= 0.6 is 0 Å². The summed E-state index contributed by atoms with van der Waals surface area (Å²) in [6.07, 6.45) is 0. The van der Waals surface area contributed by atoms with Crippen LogP contribution in [0.4, 0.5) is 0 Å². The van der Waals surface area contributed by atoms with Crippen molar-refractivity contribution < 1.29 is 8.83 Å². The van der Waals surface area contributed by atoms with Crippen LogP contribution in [0.25, 0.3) is 104 Å². The largest absolute Gasteiger partial charge is 0.456 e. The molecule has 0 aliphatic rings. The van der Waals surface area contributed by atoms with Crippen molar-refractivity contribution in [3.05, 3.63) is 140 Å². The predicted octanol–water partition coefficient (Wildman–Crippen LogP) is 11.9. The Bertz CT molecular complexity index is 3040. The first-order chi connectivity index (χ1) is 22.8. The van der Waals surface area contributed by atoms with Gasteiger partial charge in [0.15, 0.2) is 0 Å². The van der Waals surface area contributed by atoms with Crippen LogP contribution in [-0.4, -0.2) is 9.55 Å². The topological polar surface area (TPSA) is 47.0 Å². The number of nitrogens with zero attached hydrogens (tertiary/aromatic N) is 1. The van der Waals surface area contributed by atoms with Crippen molar-refractivity contribution in [1.29, 1.82) is 0 Å². The molecule has 1 N–H and O–H groups in total. The molecule has 7 aromatic carbocycles. The molecule has 46 heavy (non-hydrogen) atoms. The quantitative estimate of drug-likeness (QED) is 0.218. The summed E-state index contributed by atoms with van der Waals surface area (Å²) in [6.45, 7) is 0. The Hall–Kier alpha value is -6.26. The third kappa shape index (κ3) is 3.12. The van der Waals surface area contributed by atoms with Crippen molar-refractivity contribution in [2.75, 3.05) is 0 Å². The summed E-state index contributed by atoms with van der Waals surface area (Å²) in [5.41, 5.74) is 11.7. The molecule has 0 unspecified atom stereocenters. The molecular formula is C42H24N2O2. The van der Waals surface area contributed by atoms with E-state index in [1.54, 1.807) is 0 Å². The number of H-pyrrole nitrogens is 1. The summed E-state index contributed by atoms with van der Waals surface area (Å²) < 4.78 is 14.9. The van der Waals surface area contributed by atoms with Gasteiger partial charge in [0.05, 0.1) is 11.0 Å². The van der Waals surface area contributed by atoms with Crippen molar-refractivity contribution in [3.63, 3.8) is 0 Å². The normalized spacial score (nSPS) is 12.3. The van der Waals surface area contributed by atoms with Crippen molar-refractivity contribution in [2.24, 2.45) is 0 Å². The summed E-state index contributed by atoms with van der Waals surface area (Å²) >= 11 is 0.